The minimum Gasteiger partial charge on any atom is -0.461 e. The van der Waals surface area contributed by atoms with E-state index in [0.29, 0.717) is 36.8 Å². The summed E-state index contributed by atoms with van der Waals surface area (Å²) in [5, 5.41) is 4.35. The second-order valence-electron chi connectivity index (χ2n) is 13.2. The van der Waals surface area contributed by atoms with E-state index in [0.717, 1.165) is 45.2 Å². The van der Waals surface area contributed by atoms with Gasteiger partial charge in [-0.15, -0.1) is 6.42 Å². The van der Waals surface area contributed by atoms with Crippen LogP contribution in [0.3, 0.4) is 0 Å². The van der Waals surface area contributed by atoms with E-state index < -0.39 is 23.0 Å². The second kappa shape index (κ2) is 10.5. The standard InChI is InChI=1S/C34H34F3N7O/c1-3-22-24(35)8-5-19-11-26(38)40-31(27(19)22)28-25(36)12-23-30(29(28)37)41-33(42-32(23)43-15-20-6-7-21(16-43)39-20)45-17-34-9-4-10-44(34)14-18(2)13-34/h1,5,8,11-12,18,20-21,39H,4,6-7,9-10,13-17H2,2H3,(H2,38,40)/t18-,20?,21?,34+/m1/s1. The third kappa shape index (κ3) is 4.57. The van der Waals surface area contributed by atoms with Gasteiger partial charge >= 0.3 is 6.01 Å². The number of anilines is 2. The molecule has 2 bridgehead atoms. The monoisotopic (exact) mass is 613 g/mol. The Morgan fingerprint density at radius 3 is 2.67 bits per heavy atom. The van der Waals surface area contributed by atoms with Gasteiger partial charge in [-0.2, -0.15) is 9.97 Å². The molecule has 2 aromatic carbocycles. The number of aromatic nitrogens is 3. The van der Waals surface area contributed by atoms with Gasteiger partial charge in [-0.25, -0.2) is 18.2 Å². The van der Waals surface area contributed by atoms with Crippen molar-refractivity contribution in [3.05, 3.63) is 47.3 Å². The van der Waals surface area contributed by atoms with Gasteiger partial charge in [0.1, 0.15) is 35.4 Å². The van der Waals surface area contributed by atoms with Crippen LogP contribution in [0.5, 0.6) is 6.01 Å². The van der Waals surface area contributed by atoms with Crippen molar-refractivity contribution in [1.82, 2.24) is 25.2 Å². The van der Waals surface area contributed by atoms with Crippen molar-refractivity contribution >= 4 is 33.3 Å². The molecule has 45 heavy (non-hydrogen) atoms. The Hall–Kier alpha value is -4.14. The van der Waals surface area contributed by atoms with Crippen LogP contribution in [0, 0.1) is 35.7 Å². The number of hydrogen-bond donors (Lipinski definition) is 2. The number of nitrogen functional groups attached to an aromatic ring is 1. The molecule has 0 radical (unpaired) electrons. The summed E-state index contributed by atoms with van der Waals surface area (Å²) in [6, 6.07) is 5.96. The number of benzene rings is 2. The third-order valence-electron chi connectivity index (χ3n) is 10.2. The van der Waals surface area contributed by atoms with Gasteiger partial charge in [0.05, 0.1) is 22.4 Å². The number of piperazine rings is 1. The maximum atomic E-state index is 16.9. The van der Waals surface area contributed by atoms with Gasteiger partial charge in [0.25, 0.3) is 0 Å². The van der Waals surface area contributed by atoms with Crippen molar-refractivity contribution in [2.75, 3.05) is 43.4 Å². The average Bonchev–Trinajstić information content (AvgIpc) is 3.66. The van der Waals surface area contributed by atoms with E-state index in [9.17, 15) is 4.39 Å². The minimum atomic E-state index is -0.960. The summed E-state index contributed by atoms with van der Waals surface area (Å²) in [4.78, 5) is 18.2. The van der Waals surface area contributed by atoms with E-state index in [4.69, 9.17) is 21.9 Å². The number of hydrogen-bond acceptors (Lipinski definition) is 8. The quantitative estimate of drug-likeness (QED) is 0.304. The molecule has 4 atom stereocenters. The van der Waals surface area contributed by atoms with Crippen LogP contribution in [0.1, 0.15) is 44.6 Å². The SMILES string of the molecule is C#Cc1c(F)ccc2cc(N)nc(-c3c(F)cc4c(N5CC6CCC(C5)N6)nc(OC[C@@]56CCCN5C[C@H](C)C6)nc4c3F)c12. The summed E-state index contributed by atoms with van der Waals surface area (Å²) < 4.78 is 54.3. The van der Waals surface area contributed by atoms with E-state index in [1.165, 1.54) is 24.3 Å². The Morgan fingerprint density at radius 1 is 1.09 bits per heavy atom. The summed E-state index contributed by atoms with van der Waals surface area (Å²) in [6.45, 7) is 5.98. The van der Waals surface area contributed by atoms with Crippen LogP contribution in [-0.2, 0) is 0 Å². The Kier molecular flexibility index (Phi) is 6.59. The van der Waals surface area contributed by atoms with Crippen LogP contribution >= 0.6 is 0 Å². The first kappa shape index (κ1) is 28.3. The number of nitrogens with two attached hydrogens (primary N) is 1. The molecular weight excluding hydrogens is 579 g/mol. The van der Waals surface area contributed by atoms with Crippen LogP contribution in [0.25, 0.3) is 32.9 Å². The molecule has 0 aliphatic carbocycles. The molecule has 0 saturated carbocycles. The predicted molar refractivity (Wildman–Crippen MR) is 167 cm³/mol. The molecule has 8 nitrogen and oxygen atoms in total. The molecule has 2 aromatic heterocycles. The minimum absolute atomic E-state index is 0.0147. The molecule has 4 aliphatic rings. The van der Waals surface area contributed by atoms with Crippen molar-refractivity contribution in [1.29, 1.82) is 0 Å². The summed E-state index contributed by atoms with van der Waals surface area (Å²) in [6.07, 6.45) is 10.8. The molecule has 0 spiro atoms. The molecule has 4 aromatic rings. The zero-order valence-electron chi connectivity index (χ0n) is 25.0. The lowest BCUT2D eigenvalue weighted by Crippen LogP contribution is -2.51. The smallest absolute Gasteiger partial charge is 0.319 e. The van der Waals surface area contributed by atoms with Crippen LogP contribution in [-0.4, -0.2) is 70.3 Å². The van der Waals surface area contributed by atoms with Gasteiger partial charge in [-0.05, 0) is 68.2 Å². The van der Waals surface area contributed by atoms with Gasteiger partial charge < -0.3 is 20.7 Å². The van der Waals surface area contributed by atoms with Crippen LogP contribution in [0.15, 0.2) is 24.3 Å². The number of nitrogens with one attached hydrogen (secondary N) is 1. The van der Waals surface area contributed by atoms with Gasteiger partial charge in [0.15, 0.2) is 5.82 Å². The van der Waals surface area contributed by atoms with Gasteiger partial charge in [0.2, 0.25) is 0 Å². The fourth-order valence-electron chi connectivity index (χ4n) is 8.34. The lowest BCUT2D eigenvalue weighted by atomic mass is 9.92. The van der Waals surface area contributed by atoms with E-state index in [-0.39, 0.29) is 57.0 Å². The fourth-order valence-corrected chi connectivity index (χ4v) is 8.34. The molecule has 4 aliphatic heterocycles. The van der Waals surface area contributed by atoms with Crippen LogP contribution in [0.4, 0.5) is 24.8 Å². The normalized spacial score (nSPS) is 26.1. The maximum Gasteiger partial charge on any atom is 0.319 e. The predicted octanol–water partition coefficient (Wildman–Crippen LogP) is 5.02. The Morgan fingerprint density at radius 2 is 1.89 bits per heavy atom. The number of fused-ring (bicyclic) bond motifs is 5. The Labute approximate surface area is 259 Å². The summed E-state index contributed by atoms with van der Waals surface area (Å²) in [7, 11) is 0. The summed E-state index contributed by atoms with van der Waals surface area (Å²) in [5.41, 5.74) is 5.05. The number of terminal acetylenes is 1. The topological polar surface area (TPSA) is 92.4 Å². The highest BCUT2D eigenvalue weighted by atomic mass is 19.1. The highest BCUT2D eigenvalue weighted by molar-refractivity contribution is 6.03. The fraction of sp³-hybridized carbons (Fsp3) is 0.441. The average molecular weight is 614 g/mol. The molecular formula is C34H34F3N7O. The maximum absolute atomic E-state index is 16.9. The van der Waals surface area contributed by atoms with Gasteiger partial charge in [0, 0.05) is 42.5 Å². The second-order valence-corrected chi connectivity index (χ2v) is 13.2. The van der Waals surface area contributed by atoms with E-state index in [1.54, 1.807) is 0 Å². The lowest BCUT2D eigenvalue weighted by molar-refractivity contribution is 0.107. The zero-order valence-corrected chi connectivity index (χ0v) is 25.0. The van der Waals surface area contributed by atoms with Crippen molar-refractivity contribution in [2.45, 2.75) is 56.7 Å². The molecule has 0 amide bonds. The first-order valence-corrected chi connectivity index (χ1v) is 15.7. The number of halogens is 3. The van der Waals surface area contributed by atoms with Crippen LogP contribution < -0.4 is 20.7 Å². The van der Waals surface area contributed by atoms with Crippen LogP contribution in [0.2, 0.25) is 0 Å². The number of pyridine rings is 1. The molecule has 6 heterocycles. The lowest BCUT2D eigenvalue weighted by Gasteiger charge is -2.34. The van der Waals surface area contributed by atoms with Crippen molar-refractivity contribution < 1.29 is 17.9 Å². The molecule has 4 saturated heterocycles. The molecule has 3 N–H and O–H groups in total. The van der Waals surface area contributed by atoms with E-state index in [1.807, 2.05) is 0 Å². The number of nitrogens with zero attached hydrogens (tertiary/aromatic N) is 5. The first-order chi connectivity index (χ1) is 21.7. The van der Waals surface area contributed by atoms with E-state index >= 15 is 8.78 Å². The van der Waals surface area contributed by atoms with Crippen molar-refractivity contribution in [3.8, 4) is 29.6 Å². The Balaban J connectivity index is 1.30. The summed E-state index contributed by atoms with van der Waals surface area (Å²) >= 11 is 0. The Bertz CT molecular complexity index is 1900. The molecule has 4 fully saturated rings. The molecule has 11 heteroatoms. The van der Waals surface area contributed by atoms with Crippen molar-refractivity contribution in [3.63, 3.8) is 0 Å². The molecule has 2 unspecified atom stereocenters. The number of rotatable bonds is 5. The highest BCUT2D eigenvalue weighted by Gasteiger charge is 2.48. The molecule has 232 valence electrons. The largest absolute Gasteiger partial charge is 0.461 e. The number of ether oxygens (including phenoxy) is 1. The van der Waals surface area contributed by atoms with Crippen molar-refractivity contribution in [2.24, 2.45) is 5.92 Å². The van der Waals surface area contributed by atoms with Gasteiger partial charge in [-0.1, -0.05) is 18.9 Å². The molecule has 8 rings (SSSR count). The van der Waals surface area contributed by atoms with Gasteiger partial charge in [-0.3, -0.25) is 4.90 Å². The third-order valence-corrected chi connectivity index (χ3v) is 10.2. The highest BCUT2D eigenvalue weighted by Crippen LogP contribution is 2.43. The zero-order chi connectivity index (χ0) is 31.0. The first-order valence-electron chi connectivity index (χ1n) is 15.7. The summed E-state index contributed by atoms with van der Waals surface area (Å²) in [5.74, 6) is 0.762. The van der Waals surface area contributed by atoms with E-state index in [2.05, 4.69) is 37.9 Å².